The number of H-pyrrole nitrogens is 1. The monoisotopic (exact) mass is 194 g/mol. The standard InChI is InChI=1S/C10H14N2S/c1-6-5-11-10(13)12(6)9-3-7-2-8(7)4-9/h5,7-9H,2-4H2,1H3,(H,11,13). The van der Waals surface area contributed by atoms with E-state index in [9.17, 15) is 0 Å². The molecule has 2 nitrogen and oxygen atoms in total. The summed E-state index contributed by atoms with van der Waals surface area (Å²) in [6, 6.07) is 0.697. The summed E-state index contributed by atoms with van der Waals surface area (Å²) < 4.78 is 3.21. The molecule has 0 aromatic carbocycles. The maximum Gasteiger partial charge on any atom is 0.177 e. The second-order valence-electron chi connectivity index (χ2n) is 4.49. The number of rotatable bonds is 1. The Labute approximate surface area is 83.0 Å². The van der Waals surface area contributed by atoms with Gasteiger partial charge < -0.3 is 9.55 Å². The molecule has 2 saturated carbocycles. The van der Waals surface area contributed by atoms with Crippen LogP contribution < -0.4 is 0 Å². The minimum Gasteiger partial charge on any atom is -0.337 e. The third-order valence-electron chi connectivity index (χ3n) is 3.59. The third-order valence-corrected chi connectivity index (χ3v) is 3.90. The van der Waals surface area contributed by atoms with Gasteiger partial charge in [0.25, 0.3) is 0 Å². The average molecular weight is 194 g/mol. The number of hydrogen-bond acceptors (Lipinski definition) is 1. The lowest BCUT2D eigenvalue weighted by molar-refractivity contribution is 0.455. The van der Waals surface area contributed by atoms with Crippen LogP contribution in [0.4, 0.5) is 0 Å². The van der Waals surface area contributed by atoms with Crippen molar-refractivity contribution in [2.75, 3.05) is 0 Å². The first-order valence-corrected chi connectivity index (χ1v) is 5.43. The van der Waals surface area contributed by atoms with Crippen LogP contribution in [-0.2, 0) is 0 Å². The highest BCUT2D eigenvalue weighted by molar-refractivity contribution is 7.71. The maximum absolute atomic E-state index is 5.27. The molecular formula is C10H14N2S. The zero-order valence-electron chi connectivity index (χ0n) is 7.79. The van der Waals surface area contributed by atoms with Gasteiger partial charge in [0.15, 0.2) is 4.77 Å². The van der Waals surface area contributed by atoms with Gasteiger partial charge in [-0.1, -0.05) is 0 Å². The summed E-state index contributed by atoms with van der Waals surface area (Å²) in [7, 11) is 0. The molecule has 1 aromatic rings. The highest BCUT2D eigenvalue weighted by Crippen LogP contribution is 2.56. The molecule has 2 aliphatic carbocycles. The number of aryl methyl sites for hydroxylation is 1. The van der Waals surface area contributed by atoms with Crippen molar-refractivity contribution in [2.45, 2.75) is 32.2 Å². The Kier molecular flexibility index (Phi) is 1.48. The fourth-order valence-corrected chi connectivity index (χ4v) is 3.16. The number of fused-ring (bicyclic) bond motifs is 1. The summed E-state index contributed by atoms with van der Waals surface area (Å²) >= 11 is 5.27. The molecule has 0 spiro atoms. The molecule has 3 rings (SSSR count). The Hall–Kier alpha value is -0.570. The summed E-state index contributed by atoms with van der Waals surface area (Å²) in [4.78, 5) is 3.12. The Bertz CT molecular complexity index is 380. The molecule has 1 aromatic heterocycles. The molecule has 2 unspecified atom stereocenters. The van der Waals surface area contributed by atoms with Crippen molar-refractivity contribution in [1.29, 1.82) is 0 Å². The van der Waals surface area contributed by atoms with Gasteiger partial charge in [0.1, 0.15) is 0 Å². The lowest BCUT2D eigenvalue weighted by Gasteiger charge is -2.15. The first-order valence-electron chi connectivity index (χ1n) is 5.02. The van der Waals surface area contributed by atoms with Gasteiger partial charge in [-0.3, -0.25) is 0 Å². The van der Waals surface area contributed by atoms with Crippen molar-refractivity contribution >= 4 is 12.2 Å². The minimum absolute atomic E-state index is 0.697. The number of imidazole rings is 1. The number of aromatic amines is 1. The highest BCUT2D eigenvalue weighted by Gasteiger charge is 2.46. The number of hydrogen-bond donors (Lipinski definition) is 1. The molecule has 13 heavy (non-hydrogen) atoms. The van der Waals surface area contributed by atoms with Crippen LogP contribution in [-0.4, -0.2) is 9.55 Å². The van der Waals surface area contributed by atoms with Crippen LogP contribution >= 0.6 is 12.2 Å². The molecule has 1 N–H and O–H groups in total. The van der Waals surface area contributed by atoms with Gasteiger partial charge in [-0.25, -0.2) is 0 Å². The summed E-state index contributed by atoms with van der Waals surface area (Å²) in [5, 5.41) is 0. The van der Waals surface area contributed by atoms with Crippen molar-refractivity contribution in [1.82, 2.24) is 9.55 Å². The van der Waals surface area contributed by atoms with Crippen LogP contribution in [0.25, 0.3) is 0 Å². The summed E-state index contributed by atoms with van der Waals surface area (Å²) in [5.74, 6) is 2.06. The molecule has 2 fully saturated rings. The van der Waals surface area contributed by atoms with E-state index in [1.54, 1.807) is 0 Å². The number of nitrogens with zero attached hydrogens (tertiary/aromatic N) is 1. The van der Waals surface area contributed by atoms with Gasteiger partial charge in [0, 0.05) is 17.9 Å². The Balaban J connectivity index is 1.96. The fraction of sp³-hybridized carbons (Fsp3) is 0.700. The second-order valence-corrected chi connectivity index (χ2v) is 4.87. The Morgan fingerprint density at radius 3 is 2.62 bits per heavy atom. The number of nitrogens with one attached hydrogen (secondary N) is 1. The largest absolute Gasteiger partial charge is 0.337 e. The average Bonchev–Trinajstić information content (AvgIpc) is 2.54. The van der Waals surface area contributed by atoms with E-state index in [0.717, 1.165) is 16.6 Å². The quantitative estimate of drug-likeness (QED) is 0.682. The van der Waals surface area contributed by atoms with E-state index in [1.165, 1.54) is 25.0 Å². The van der Waals surface area contributed by atoms with Gasteiger partial charge in [0.05, 0.1) is 0 Å². The van der Waals surface area contributed by atoms with E-state index in [1.807, 2.05) is 6.20 Å². The first kappa shape index (κ1) is 7.80. The van der Waals surface area contributed by atoms with E-state index < -0.39 is 0 Å². The Morgan fingerprint density at radius 2 is 2.08 bits per heavy atom. The van der Waals surface area contributed by atoms with Crippen LogP contribution in [0.1, 0.15) is 31.0 Å². The highest BCUT2D eigenvalue weighted by atomic mass is 32.1. The predicted octanol–water partition coefficient (Wildman–Crippen LogP) is 2.83. The molecule has 0 saturated heterocycles. The van der Waals surface area contributed by atoms with E-state index in [4.69, 9.17) is 12.2 Å². The van der Waals surface area contributed by atoms with Crippen LogP contribution in [0.2, 0.25) is 0 Å². The van der Waals surface area contributed by atoms with Crippen LogP contribution in [0.3, 0.4) is 0 Å². The summed E-state index contributed by atoms with van der Waals surface area (Å²) in [6.45, 7) is 2.14. The van der Waals surface area contributed by atoms with Gasteiger partial charge in [-0.2, -0.15) is 0 Å². The zero-order valence-corrected chi connectivity index (χ0v) is 8.60. The van der Waals surface area contributed by atoms with Crippen molar-refractivity contribution in [3.05, 3.63) is 16.7 Å². The lowest BCUT2D eigenvalue weighted by Crippen LogP contribution is -2.08. The van der Waals surface area contributed by atoms with Crippen LogP contribution in [0.5, 0.6) is 0 Å². The molecule has 0 bridgehead atoms. The summed E-state index contributed by atoms with van der Waals surface area (Å²) in [6.07, 6.45) is 6.22. The van der Waals surface area contributed by atoms with Gasteiger partial charge in [-0.15, -0.1) is 0 Å². The molecule has 2 aliphatic rings. The fourth-order valence-electron chi connectivity index (χ4n) is 2.81. The Morgan fingerprint density at radius 1 is 1.38 bits per heavy atom. The summed E-state index contributed by atoms with van der Waals surface area (Å²) in [5.41, 5.74) is 1.29. The van der Waals surface area contributed by atoms with Crippen molar-refractivity contribution in [3.63, 3.8) is 0 Å². The zero-order chi connectivity index (χ0) is 9.00. The van der Waals surface area contributed by atoms with Crippen molar-refractivity contribution in [2.24, 2.45) is 11.8 Å². The lowest BCUT2D eigenvalue weighted by atomic mass is 10.1. The van der Waals surface area contributed by atoms with Crippen LogP contribution in [0.15, 0.2) is 6.20 Å². The molecule has 0 radical (unpaired) electrons. The third kappa shape index (κ3) is 1.10. The van der Waals surface area contributed by atoms with Gasteiger partial charge in [0.2, 0.25) is 0 Å². The van der Waals surface area contributed by atoms with Gasteiger partial charge >= 0.3 is 0 Å². The second kappa shape index (κ2) is 2.47. The van der Waals surface area contributed by atoms with Crippen LogP contribution in [0, 0.1) is 23.5 Å². The molecule has 0 amide bonds. The first-order chi connectivity index (χ1) is 6.25. The molecular weight excluding hydrogens is 180 g/mol. The normalized spacial score (nSPS) is 36.2. The van der Waals surface area contributed by atoms with E-state index in [-0.39, 0.29) is 0 Å². The molecule has 2 atom stereocenters. The smallest absolute Gasteiger partial charge is 0.177 e. The molecule has 0 aliphatic heterocycles. The molecule has 70 valence electrons. The minimum atomic E-state index is 0.697. The van der Waals surface area contributed by atoms with Crippen molar-refractivity contribution < 1.29 is 0 Å². The molecule has 1 heterocycles. The maximum atomic E-state index is 5.27. The van der Waals surface area contributed by atoms with E-state index in [0.29, 0.717) is 6.04 Å². The molecule has 3 heteroatoms. The van der Waals surface area contributed by atoms with E-state index >= 15 is 0 Å². The van der Waals surface area contributed by atoms with Gasteiger partial charge in [-0.05, 0) is 50.2 Å². The predicted molar refractivity (Wildman–Crippen MR) is 54.2 cm³/mol. The van der Waals surface area contributed by atoms with Crippen molar-refractivity contribution in [3.8, 4) is 0 Å². The van der Waals surface area contributed by atoms with E-state index in [2.05, 4.69) is 16.5 Å². The SMILES string of the molecule is Cc1c[nH]c(=S)n1C1CC2CC2C1. The number of aromatic nitrogens is 2. The topological polar surface area (TPSA) is 20.7 Å².